The van der Waals surface area contributed by atoms with Crippen LogP contribution in [-0.2, 0) is 0 Å². The lowest BCUT2D eigenvalue weighted by atomic mass is 9.84. The minimum atomic E-state index is 1.22. The zero-order valence-electron chi connectivity index (χ0n) is 25.3. The minimum absolute atomic E-state index is 1.22. The summed E-state index contributed by atoms with van der Waals surface area (Å²) in [6, 6.07) is 66.7. The van der Waals surface area contributed by atoms with E-state index >= 15 is 0 Å². The van der Waals surface area contributed by atoms with Crippen molar-refractivity contribution >= 4 is 43.1 Å². The third kappa shape index (κ3) is 4.47. The molecule has 0 atom stereocenters. The average Bonchev–Trinajstić information content (AvgIpc) is 3.13. The molecule has 0 saturated heterocycles. The van der Waals surface area contributed by atoms with Crippen LogP contribution in [-0.4, -0.2) is 0 Å². The van der Waals surface area contributed by atoms with Crippen LogP contribution >= 0.6 is 0 Å². The van der Waals surface area contributed by atoms with Gasteiger partial charge in [0.2, 0.25) is 0 Å². The lowest BCUT2D eigenvalue weighted by molar-refractivity contribution is 1.62. The Bertz CT molecular complexity index is 2570. The summed E-state index contributed by atoms with van der Waals surface area (Å²) in [6.07, 6.45) is 0. The van der Waals surface area contributed by atoms with Crippen molar-refractivity contribution in [2.24, 2.45) is 0 Å². The Kier molecular flexibility index (Phi) is 6.25. The first kappa shape index (κ1) is 26.4. The number of hydrogen-bond acceptors (Lipinski definition) is 0. The van der Waals surface area contributed by atoms with Gasteiger partial charge in [-0.2, -0.15) is 0 Å². The fourth-order valence-corrected chi connectivity index (χ4v) is 7.18. The van der Waals surface area contributed by atoms with Gasteiger partial charge in [0.15, 0.2) is 0 Å². The molecule has 0 spiro atoms. The summed E-state index contributed by atoms with van der Waals surface area (Å²) >= 11 is 0. The second kappa shape index (κ2) is 10.9. The smallest absolute Gasteiger partial charge is 0.00259 e. The van der Waals surface area contributed by atoms with Crippen molar-refractivity contribution in [2.75, 3.05) is 0 Å². The molecule has 9 aromatic rings. The van der Waals surface area contributed by atoms with Gasteiger partial charge in [-0.25, -0.2) is 0 Å². The van der Waals surface area contributed by atoms with Gasteiger partial charge in [-0.05, 0) is 112 Å². The largest absolute Gasteiger partial charge is 0.0622 e. The lowest BCUT2D eigenvalue weighted by Crippen LogP contribution is -1.92. The predicted octanol–water partition coefficient (Wildman–Crippen LogP) is 13.0. The number of fused-ring (bicyclic) bond motifs is 4. The van der Waals surface area contributed by atoms with Gasteiger partial charge >= 0.3 is 0 Å². The molecule has 0 aliphatic carbocycles. The number of rotatable bonds is 4. The summed E-state index contributed by atoms with van der Waals surface area (Å²) in [4.78, 5) is 0. The summed E-state index contributed by atoms with van der Waals surface area (Å²) in [5.74, 6) is 0. The molecule has 9 aromatic carbocycles. The normalized spacial score (nSPS) is 11.5. The van der Waals surface area contributed by atoms with E-state index in [1.54, 1.807) is 0 Å². The molecule has 9 rings (SSSR count). The van der Waals surface area contributed by atoms with Gasteiger partial charge in [0.1, 0.15) is 0 Å². The van der Waals surface area contributed by atoms with E-state index in [1.807, 2.05) is 0 Å². The summed E-state index contributed by atoms with van der Waals surface area (Å²) in [5, 5.41) is 10.1. The zero-order chi connectivity index (χ0) is 30.5. The summed E-state index contributed by atoms with van der Waals surface area (Å²) in [5.41, 5.74) is 9.91. The van der Waals surface area contributed by atoms with Crippen LogP contribution in [0, 0.1) is 0 Å². The molecule has 46 heavy (non-hydrogen) atoms. The maximum Gasteiger partial charge on any atom is -0.00259 e. The fraction of sp³-hybridized carbons (Fsp3) is 0. The quantitative estimate of drug-likeness (QED) is 0.181. The van der Waals surface area contributed by atoms with Gasteiger partial charge in [-0.1, -0.05) is 158 Å². The first-order valence-electron chi connectivity index (χ1n) is 15.9. The van der Waals surface area contributed by atoms with E-state index < -0.39 is 0 Å². The maximum atomic E-state index is 2.41. The monoisotopic (exact) mass is 582 g/mol. The van der Waals surface area contributed by atoms with E-state index in [0.717, 1.165) is 0 Å². The molecule has 0 bridgehead atoms. The highest BCUT2D eigenvalue weighted by Crippen LogP contribution is 2.45. The molecular weight excluding hydrogens is 553 g/mol. The van der Waals surface area contributed by atoms with Crippen molar-refractivity contribution in [1.82, 2.24) is 0 Å². The fourth-order valence-electron chi connectivity index (χ4n) is 7.18. The second-order valence-corrected chi connectivity index (χ2v) is 12.1. The topological polar surface area (TPSA) is 0 Å². The van der Waals surface area contributed by atoms with E-state index in [0.29, 0.717) is 0 Å². The molecule has 214 valence electrons. The molecular formula is C46H30. The van der Waals surface area contributed by atoms with Gasteiger partial charge in [0.25, 0.3) is 0 Å². The third-order valence-corrected chi connectivity index (χ3v) is 9.40. The number of benzene rings is 9. The Balaban J connectivity index is 1.33. The van der Waals surface area contributed by atoms with Crippen LogP contribution in [0.4, 0.5) is 0 Å². The van der Waals surface area contributed by atoms with Crippen LogP contribution in [0.25, 0.3) is 87.6 Å². The van der Waals surface area contributed by atoms with E-state index in [1.165, 1.54) is 87.6 Å². The van der Waals surface area contributed by atoms with Crippen molar-refractivity contribution in [3.63, 3.8) is 0 Å². The van der Waals surface area contributed by atoms with Crippen molar-refractivity contribution in [3.8, 4) is 44.5 Å². The van der Waals surface area contributed by atoms with Crippen LogP contribution in [0.5, 0.6) is 0 Å². The summed E-state index contributed by atoms with van der Waals surface area (Å²) in [6.45, 7) is 0. The molecule has 0 N–H and O–H groups in total. The molecule has 0 nitrogen and oxygen atoms in total. The van der Waals surface area contributed by atoms with Crippen molar-refractivity contribution in [1.29, 1.82) is 0 Å². The van der Waals surface area contributed by atoms with Crippen molar-refractivity contribution in [2.45, 2.75) is 0 Å². The van der Waals surface area contributed by atoms with Gasteiger partial charge in [0.05, 0.1) is 0 Å². The van der Waals surface area contributed by atoms with Crippen LogP contribution in [0.2, 0.25) is 0 Å². The Morgan fingerprint density at radius 1 is 0.196 bits per heavy atom. The Morgan fingerprint density at radius 2 is 0.630 bits per heavy atom. The Morgan fingerprint density at radius 3 is 1.28 bits per heavy atom. The minimum Gasteiger partial charge on any atom is -0.0622 e. The van der Waals surface area contributed by atoms with Gasteiger partial charge in [-0.3, -0.25) is 0 Å². The van der Waals surface area contributed by atoms with Crippen LogP contribution in [0.15, 0.2) is 182 Å². The van der Waals surface area contributed by atoms with Gasteiger partial charge < -0.3 is 0 Å². The van der Waals surface area contributed by atoms with Crippen LogP contribution in [0.1, 0.15) is 0 Å². The summed E-state index contributed by atoms with van der Waals surface area (Å²) in [7, 11) is 0. The Labute approximate surface area is 268 Å². The summed E-state index contributed by atoms with van der Waals surface area (Å²) < 4.78 is 0. The highest BCUT2D eigenvalue weighted by atomic mass is 14.2. The maximum absolute atomic E-state index is 2.41. The molecule has 0 unspecified atom stereocenters. The molecule has 0 amide bonds. The third-order valence-electron chi connectivity index (χ3n) is 9.40. The van der Waals surface area contributed by atoms with E-state index in [9.17, 15) is 0 Å². The number of hydrogen-bond donors (Lipinski definition) is 0. The van der Waals surface area contributed by atoms with E-state index in [-0.39, 0.29) is 0 Å². The average molecular weight is 583 g/mol. The standard InChI is InChI=1S/C46H30/c1-2-13-33(14-3-1)45-41-19-8-9-20-42(41)46(40-18-10-17-36(29-40)37-23-21-31-11-4-6-15-34(31)27-37)44-30-39(25-26-43(44)45)38-24-22-32-12-5-7-16-35(32)28-38/h1-30H. The molecule has 0 fully saturated rings. The van der Waals surface area contributed by atoms with Gasteiger partial charge in [0, 0.05) is 0 Å². The van der Waals surface area contributed by atoms with E-state index in [4.69, 9.17) is 0 Å². The first-order chi connectivity index (χ1) is 22.8. The van der Waals surface area contributed by atoms with Crippen LogP contribution in [0.3, 0.4) is 0 Å². The predicted molar refractivity (Wildman–Crippen MR) is 198 cm³/mol. The van der Waals surface area contributed by atoms with Crippen LogP contribution < -0.4 is 0 Å². The lowest BCUT2D eigenvalue weighted by Gasteiger charge is -2.19. The molecule has 0 saturated carbocycles. The Hall–Kier alpha value is -5.98. The first-order valence-corrected chi connectivity index (χ1v) is 15.9. The van der Waals surface area contributed by atoms with Crippen molar-refractivity contribution in [3.05, 3.63) is 182 Å². The molecule has 0 aromatic heterocycles. The molecule has 0 heterocycles. The molecule has 0 radical (unpaired) electrons. The molecule has 0 aliphatic rings. The van der Waals surface area contributed by atoms with Crippen molar-refractivity contribution < 1.29 is 0 Å². The SMILES string of the molecule is c1ccc(-c2c3ccccc3c(-c3cccc(-c4ccc5ccccc5c4)c3)c3cc(-c4ccc5ccccc5c4)ccc23)cc1. The highest BCUT2D eigenvalue weighted by Gasteiger charge is 2.18. The highest BCUT2D eigenvalue weighted by molar-refractivity contribution is 6.22. The van der Waals surface area contributed by atoms with Gasteiger partial charge in [-0.15, -0.1) is 0 Å². The second-order valence-electron chi connectivity index (χ2n) is 12.1. The molecule has 0 heteroatoms. The molecule has 0 aliphatic heterocycles. The van der Waals surface area contributed by atoms with E-state index in [2.05, 4.69) is 182 Å². The zero-order valence-corrected chi connectivity index (χ0v) is 25.3.